The number of anilines is 1. The Morgan fingerprint density at radius 1 is 1.20 bits per heavy atom. The molecule has 0 bridgehead atoms. The first-order chi connectivity index (χ1) is 11.6. The number of rotatable bonds is 2. The molecule has 9 heteroatoms. The molecule has 0 unspecified atom stereocenters. The second-order valence-corrected chi connectivity index (χ2v) is 6.00. The van der Waals surface area contributed by atoms with E-state index in [4.69, 9.17) is 23.8 Å². The van der Waals surface area contributed by atoms with Gasteiger partial charge in [-0.2, -0.15) is 13.2 Å². The van der Waals surface area contributed by atoms with Crippen molar-refractivity contribution < 1.29 is 23.1 Å². The predicted octanol–water partition coefficient (Wildman–Crippen LogP) is 4.50. The Hall–Kier alpha value is -2.32. The van der Waals surface area contributed by atoms with Gasteiger partial charge in [-0.15, -0.1) is 0 Å². The van der Waals surface area contributed by atoms with Crippen LogP contribution in [0.5, 0.6) is 5.75 Å². The van der Waals surface area contributed by atoms with Crippen molar-refractivity contribution in [2.75, 3.05) is 5.32 Å². The number of hydrogen-bond acceptors (Lipinski definition) is 3. The van der Waals surface area contributed by atoms with E-state index >= 15 is 0 Å². The third-order valence-corrected chi connectivity index (χ3v) is 3.54. The summed E-state index contributed by atoms with van der Waals surface area (Å²) in [5.74, 6) is -1.00. The zero-order valence-corrected chi connectivity index (χ0v) is 14.3. The smallest absolute Gasteiger partial charge is 0.416 e. The van der Waals surface area contributed by atoms with Gasteiger partial charge < -0.3 is 10.4 Å². The molecule has 2 rings (SSSR count). The van der Waals surface area contributed by atoms with Gasteiger partial charge in [0, 0.05) is 16.7 Å². The van der Waals surface area contributed by atoms with Crippen molar-refractivity contribution in [2.24, 2.45) is 0 Å². The van der Waals surface area contributed by atoms with E-state index in [1.807, 2.05) is 0 Å². The van der Waals surface area contributed by atoms with Crippen LogP contribution in [-0.4, -0.2) is 16.1 Å². The SMILES string of the molecule is Cc1cc(C(=O)NC(=S)Nc2ccc(Cl)cc2O)cc(C(F)(F)F)c1. The van der Waals surface area contributed by atoms with Crippen LogP contribution in [0.4, 0.5) is 18.9 Å². The maximum atomic E-state index is 12.8. The van der Waals surface area contributed by atoms with Crippen molar-refractivity contribution in [3.63, 3.8) is 0 Å². The van der Waals surface area contributed by atoms with Gasteiger partial charge in [0.25, 0.3) is 5.91 Å². The quantitative estimate of drug-likeness (QED) is 0.523. The molecular formula is C16H12ClF3N2O2S. The number of carbonyl (C=O) groups is 1. The second kappa shape index (κ2) is 7.28. The van der Waals surface area contributed by atoms with Gasteiger partial charge in [-0.3, -0.25) is 10.1 Å². The number of nitrogens with one attached hydrogen (secondary N) is 2. The largest absolute Gasteiger partial charge is 0.506 e. The molecule has 0 fully saturated rings. The van der Waals surface area contributed by atoms with E-state index < -0.39 is 17.6 Å². The molecule has 0 atom stereocenters. The number of carbonyl (C=O) groups excluding carboxylic acids is 1. The lowest BCUT2D eigenvalue weighted by atomic mass is 10.1. The minimum Gasteiger partial charge on any atom is -0.506 e. The zero-order valence-electron chi connectivity index (χ0n) is 12.7. The van der Waals surface area contributed by atoms with Crippen molar-refractivity contribution in [3.05, 3.63) is 58.1 Å². The number of phenols is 1. The molecule has 2 aromatic rings. The third kappa shape index (κ3) is 5.07. The number of thiocarbonyl (C=S) groups is 1. The normalized spacial score (nSPS) is 11.1. The topological polar surface area (TPSA) is 61.4 Å². The Morgan fingerprint density at radius 2 is 1.88 bits per heavy atom. The standard InChI is InChI=1S/C16H12ClF3N2O2S/c1-8-4-9(6-10(5-8)16(18,19)20)14(24)22-15(25)21-12-3-2-11(17)7-13(12)23/h2-7,23H,1H3,(H2,21,22,24,25). The molecule has 4 nitrogen and oxygen atoms in total. The summed E-state index contributed by atoms with van der Waals surface area (Å²) >= 11 is 10.6. The number of aryl methyl sites for hydroxylation is 1. The fourth-order valence-corrected chi connectivity index (χ4v) is 2.39. The number of alkyl halides is 3. The van der Waals surface area contributed by atoms with Crippen LogP contribution in [0.2, 0.25) is 5.02 Å². The molecular weight excluding hydrogens is 377 g/mol. The monoisotopic (exact) mass is 388 g/mol. The number of aromatic hydroxyl groups is 1. The Labute approximate surface area is 151 Å². The van der Waals surface area contributed by atoms with Crippen molar-refractivity contribution in [1.29, 1.82) is 0 Å². The summed E-state index contributed by atoms with van der Waals surface area (Å²) in [4.78, 5) is 12.1. The highest BCUT2D eigenvalue weighted by Crippen LogP contribution is 2.30. The molecule has 0 spiro atoms. The highest BCUT2D eigenvalue weighted by molar-refractivity contribution is 7.80. The first kappa shape index (κ1) is 19.0. The van der Waals surface area contributed by atoms with Gasteiger partial charge in [-0.25, -0.2) is 0 Å². The maximum Gasteiger partial charge on any atom is 0.416 e. The lowest BCUT2D eigenvalue weighted by Crippen LogP contribution is -2.34. The van der Waals surface area contributed by atoms with Crippen LogP contribution in [0.1, 0.15) is 21.5 Å². The van der Waals surface area contributed by atoms with Crippen LogP contribution in [-0.2, 0) is 6.18 Å². The van der Waals surface area contributed by atoms with Gasteiger partial charge in [-0.05, 0) is 55.0 Å². The molecule has 132 valence electrons. The summed E-state index contributed by atoms with van der Waals surface area (Å²) in [5, 5.41) is 14.7. The molecule has 0 saturated heterocycles. The number of halogens is 4. The fourth-order valence-electron chi connectivity index (χ4n) is 2.02. The Bertz CT molecular complexity index is 841. The minimum absolute atomic E-state index is 0.183. The zero-order chi connectivity index (χ0) is 18.8. The van der Waals surface area contributed by atoms with Crippen LogP contribution >= 0.6 is 23.8 Å². The number of hydrogen-bond donors (Lipinski definition) is 3. The van der Waals surface area contributed by atoms with E-state index in [1.54, 1.807) is 0 Å². The van der Waals surface area contributed by atoms with Crippen LogP contribution < -0.4 is 10.6 Å². The summed E-state index contributed by atoms with van der Waals surface area (Å²) in [6.45, 7) is 1.45. The molecule has 0 aliphatic heterocycles. The van der Waals surface area contributed by atoms with Crippen molar-refractivity contribution >= 4 is 40.5 Å². The van der Waals surface area contributed by atoms with Gasteiger partial charge in [-0.1, -0.05) is 11.6 Å². The summed E-state index contributed by atoms with van der Waals surface area (Å²) in [6.07, 6.45) is -4.56. The first-order valence-electron chi connectivity index (χ1n) is 6.86. The predicted molar refractivity (Wildman–Crippen MR) is 93.0 cm³/mol. The van der Waals surface area contributed by atoms with E-state index in [2.05, 4.69) is 10.6 Å². The molecule has 2 aromatic carbocycles. The van der Waals surface area contributed by atoms with Gasteiger partial charge in [0.05, 0.1) is 11.3 Å². The van der Waals surface area contributed by atoms with Gasteiger partial charge in [0.15, 0.2) is 5.11 Å². The molecule has 3 N–H and O–H groups in total. The highest BCUT2D eigenvalue weighted by atomic mass is 35.5. The van der Waals surface area contributed by atoms with E-state index in [1.165, 1.54) is 31.2 Å². The van der Waals surface area contributed by atoms with Crippen LogP contribution in [0.3, 0.4) is 0 Å². The lowest BCUT2D eigenvalue weighted by molar-refractivity contribution is -0.137. The Morgan fingerprint density at radius 3 is 2.48 bits per heavy atom. The van der Waals surface area contributed by atoms with Crippen LogP contribution in [0, 0.1) is 6.92 Å². The van der Waals surface area contributed by atoms with E-state index in [0.29, 0.717) is 5.02 Å². The minimum atomic E-state index is -4.56. The van der Waals surface area contributed by atoms with Crippen molar-refractivity contribution in [2.45, 2.75) is 13.1 Å². The molecule has 0 aromatic heterocycles. The van der Waals surface area contributed by atoms with E-state index in [-0.39, 0.29) is 27.7 Å². The molecule has 0 saturated carbocycles. The van der Waals surface area contributed by atoms with Crippen LogP contribution in [0.15, 0.2) is 36.4 Å². The Balaban J connectivity index is 2.14. The molecule has 0 heterocycles. The van der Waals surface area contributed by atoms with Crippen molar-refractivity contribution in [3.8, 4) is 5.75 Å². The molecule has 0 aliphatic rings. The lowest BCUT2D eigenvalue weighted by Gasteiger charge is -2.13. The summed E-state index contributed by atoms with van der Waals surface area (Å²) in [7, 11) is 0. The number of phenolic OH excluding ortho intramolecular Hbond substituents is 1. The summed E-state index contributed by atoms with van der Waals surface area (Å²) in [5.41, 5.74) is -0.632. The first-order valence-corrected chi connectivity index (χ1v) is 7.64. The summed E-state index contributed by atoms with van der Waals surface area (Å²) in [6, 6.07) is 7.19. The van der Waals surface area contributed by atoms with Crippen molar-refractivity contribution in [1.82, 2.24) is 5.32 Å². The third-order valence-electron chi connectivity index (χ3n) is 3.10. The number of amides is 1. The van der Waals surface area contributed by atoms with E-state index in [9.17, 15) is 23.1 Å². The maximum absolute atomic E-state index is 12.8. The molecule has 0 radical (unpaired) electrons. The van der Waals surface area contributed by atoms with Crippen LogP contribution in [0.25, 0.3) is 0 Å². The van der Waals surface area contributed by atoms with Gasteiger partial charge >= 0.3 is 6.18 Å². The summed E-state index contributed by atoms with van der Waals surface area (Å²) < 4.78 is 38.5. The van der Waals surface area contributed by atoms with Gasteiger partial charge in [0.1, 0.15) is 5.75 Å². The van der Waals surface area contributed by atoms with Gasteiger partial charge in [0.2, 0.25) is 0 Å². The molecule has 25 heavy (non-hydrogen) atoms. The molecule has 0 aliphatic carbocycles. The molecule has 1 amide bonds. The average Bonchev–Trinajstić information content (AvgIpc) is 2.48. The second-order valence-electron chi connectivity index (χ2n) is 5.16. The fraction of sp³-hybridized carbons (Fsp3) is 0.125. The average molecular weight is 389 g/mol. The Kier molecular flexibility index (Phi) is 5.54. The highest BCUT2D eigenvalue weighted by Gasteiger charge is 2.31. The van der Waals surface area contributed by atoms with E-state index in [0.717, 1.165) is 12.1 Å². The number of benzene rings is 2.